The molecule has 0 aliphatic carbocycles. The first kappa shape index (κ1) is 24.4. The summed E-state index contributed by atoms with van der Waals surface area (Å²) in [4.78, 5) is 43.8. The summed E-state index contributed by atoms with van der Waals surface area (Å²) in [5.74, 6) is -2.88. The van der Waals surface area contributed by atoms with Crippen molar-refractivity contribution in [3.63, 3.8) is 0 Å². The number of carbonyl (C=O) groups is 3. The van der Waals surface area contributed by atoms with Gasteiger partial charge in [-0.3, -0.25) is 14.4 Å². The van der Waals surface area contributed by atoms with Gasteiger partial charge in [-0.15, -0.1) is 11.7 Å². The fourth-order valence-electron chi connectivity index (χ4n) is 6.37. The monoisotopic (exact) mass is 497 g/mol. The second-order valence-electron chi connectivity index (χ2n) is 9.80. The van der Waals surface area contributed by atoms with Gasteiger partial charge in [-0.2, -0.15) is 0 Å². The quantitative estimate of drug-likeness (QED) is 0.397. The number of fused-ring (bicyclic) bond motifs is 2. The number of aliphatic hydroxyl groups is 1. The zero-order chi connectivity index (χ0) is 25.7. The van der Waals surface area contributed by atoms with Crippen LogP contribution in [0.3, 0.4) is 0 Å². The number of hydrogen-bond donors (Lipinski definition) is 1. The van der Waals surface area contributed by atoms with Gasteiger partial charge in [0.05, 0.1) is 30.2 Å². The molecule has 1 spiro atoms. The minimum absolute atomic E-state index is 0.0444. The highest BCUT2D eigenvalue weighted by Crippen LogP contribution is 2.63. The lowest BCUT2D eigenvalue weighted by Crippen LogP contribution is -2.56. The number of carbonyl (C=O) groups excluding carboxylic acids is 3. The molecule has 1 aromatic carbocycles. The van der Waals surface area contributed by atoms with E-state index in [1.165, 1.54) is 4.90 Å². The highest BCUT2D eigenvalue weighted by atomic mass is 16.6. The van der Waals surface area contributed by atoms with Crippen LogP contribution in [0.25, 0.3) is 11.0 Å². The fourth-order valence-corrected chi connectivity index (χ4v) is 6.37. The Morgan fingerprint density at radius 3 is 2.86 bits per heavy atom. The Labute approximate surface area is 208 Å². The molecule has 0 saturated carbocycles. The van der Waals surface area contributed by atoms with Crippen LogP contribution in [0.1, 0.15) is 26.7 Å². The summed E-state index contributed by atoms with van der Waals surface area (Å²) in [6, 6.07) is 6.43. The zero-order valence-corrected chi connectivity index (χ0v) is 20.5. The molecular weight excluding hydrogens is 466 g/mol. The highest BCUT2D eigenvalue weighted by Gasteiger charge is 2.78. The Hall–Kier alpha value is -3.31. The number of aliphatic hydroxyl groups excluding tert-OH is 1. The van der Waals surface area contributed by atoms with Gasteiger partial charge in [-0.25, -0.2) is 4.68 Å². The molecule has 3 aliphatic heterocycles. The normalized spacial score (nSPS) is 30.6. The first-order valence-corrected chi connectivity index (χ1v) is 12.3. The molecule has 1 aromatic heterocycles. The summed E-state index contributed by atoms with van der Waals surface area (Å²) in [6.45, 7) is 7.42. The van der Waals surface area contributed by atoms with E-state index in [2.05, 4.69) is 16.9 Å². The summed E-state index contributed by atoms with van der Waals surface area (Å²) in [6.07, 6.45) is 2.57. The predicted octanol–water partition coefficient (Wildman–Crippen LogP) is 0.724. The third-order valence-electron chi connectivity index (χ3n) is 7.78. The van der Waals surface area contributed by atoms with Gasteiger partial charge in [0, 0.05) is 13.1 Å². The second-order valence-corrected chi connectivity index (χ2v) is 9.80. The molecule has 2 unspecified atom stereocenters. The van der Waals surface area contributed by atoms with Gasteiger partial charge >= 0.3 is 5.97 Å². The van der Waals surface area contributed by atoms with Crippen molar-refractivity contribution in [1.29, 1.82) is 0 Å². The molecule has 192 valence electrons. The molecule has 5 atom stereocenters. The highest BCUT2D eigenvalue weighted by molar-refractivity contribution is 5.98. The van der Waals surface area contributed by atoms with E-state index >= 15 is 0 Å². The van der Waals surface area contributed by atoms with E-state index in [-0.39, 0.29) is 44.8 Å². The number of amides is 2. The molecule has 4 heterocycles. The Morgan fingerprint density at radius 2 is 2.14 bits per heavy atom. The van der Waals surface area contributed by atoms with Gasteiger partial charge in [0.1, 0.15) is 29.7 Å². The topological polar surface area (TPSA) is 127 Å². The van der Waals surface area contributed by atoms with Crippen molar-refractivity contribution in [2.24, 2.45) is 11.8 Å². The van der Waals surface area contributed by atoms with Crippen LogP contribution in [-0.4, -0.2) is 91.2 Å². The molecule has 11 heteroatoms. The predicted molar refractivity (Wildman–Crippen MR) is 127 cm³/mol. The maximum absolute atomic E-state index is 14.2. The molecular formula is C25H31N5O6. The van der Waals surface area contributed by atoms with Crippen LogP contribution in [0, 0.1) is 11.8 Å². The molecule has 5 rings (SSSR count). The van der Waals surface area contributed by atoms with Crippen molar-refractivity contribution in [3.05, 3.63) is 36.9 Å². The maximum Gasteiger partial charge on any atom is 0.312 e. The lowest BCUT2D eigenvalue weighted by atomic mass is 9.66. The summed E-state index contributed by atoms with van der Waals surface area (Å²) in [5, 5.41) is 18.1. The molecule has 2 bridgehead atoms. The third-order valence-corrected chi connectivity index (χ3v) is 7.78. The number of likely N-dealkylation sites (tertiary alicyclic amines) is 1. The van der Waals surface area contributed by atoms with Gasteiger partial charge < -0.3 is 24.4 Å². The van der Waals surface area contributed by atoms with Crippen LogP contribution in [0.5, 0.6) is 0 Å². The van der Waals surface area contributed by atoms with Gasteiger partial charge in [0.2, 0.25) is 11.8 Å². The van der Waals surface area contributed by atoms with Crippen molar-refractivity contribution in [2.45, 2.75) is 50.6 Å². The molecule has 1 N–H and O–H groups in total. The molecule has 3 saturated heterocycles. The zero-order valence-electron chi connectivity index (χ0n) is 20.5. The lowest BCUT2D eigenvalue weighted by molar-refractivity contribution is -0.160. The van der Waals surface area contributed by atoms with Crippen molar-refractivity contribution < 1.29 is 29.0 Å². The van der Waals surface area contributed by atoms with Crippen LogP contribution >= 0.6 is 0 Å². The summed E-state index contributed by atoms with van der Waals surface area (Å²) >= 11 is 0. The van der Waals surface area contributed by atoms with Crippen molar-refractivity contribution >= 4 is 28.8 Å². The van der Waals surface area contributed by atoms with Crippen LogP contribution in [0.2, 0.25) is 0 Å². The smallest absolute Gasteiger partial charge is 0.312 e. The molecule has 11 nitrogen and oxygen atoms in total. The number of para-hydroxylation sites is 1. The lowest BCUT2D eigenvalue weighted by Gasteiger charge is -2.36. The number of nitrogens with zero attached hydrogens (tertiary/aromatic N) is 5. The van der Waals surface area contributed by atoms with E-state index in [1.54, 1.807) is 22.6 Å². The van der Waals surface area contributed by atoms with Crippen LogP contribution in [0.4, 0.5) is 0 Å². The summed E-state index contributed by atoms with van der Waals surface area (Å²) < 4.78 is 13.5. The van der Waals surface area contributed by atoms with E-state index in [4.69, 9.17) is 9.47 Å². The Kier molecular flexibility index (Phi) is 6.08. The van der Waals surface area contributed by atoms with Crippen molar-refractivity contribution in [3.8, 4) is 0 Å². The summed E-state index contributed by atoms with van der Waals surface area (Å²) in [5.41, 5.74) is -0.623. The number of rotatable bonds is 9. The number of esters is 1. The van der Waals surface area contributed by atoms with E-state index in [0.717, 1.165) is 5.52 Å². The van der Waals surface area contributed by atoms with E-state index in [0.29, 0.717) is 18.4 Å². The largest absolute Gasteiger partial charge is 0.466 e. The van der Waals surface area contributed by atoms with Gasteiger partial charge in [0.25, 0.3) is 0 Å². The van der Waals surface area contributed by atoms with Crippen LogP contribution < -0.4 is 0 Å². The number of ether oxygens (including phenoxy) is 2. The SMILES string of the molecule is C=CCN(Cn1nnc2ccccc21)C(=O)C1N(CCO)C(=O)[C@@H]2[C@H](C(=O)OCC)[C@]3(C)CCC12O3. The van der Waals surface area contributed by atoms with Gasteiger partial charge in [0.15, 0.2) is 0 Å². The maximum atomic E-state index is 14.2. The summed E-state index contributed by atoms with van der Waals surface area (Å²) in [7, 11) is 0. The average molecular weight is 498 g/mol. The molecule has 3 fully saturated rings. The molecule has 36 heavy (non-hydrogen) atoms. The second kappa shape index (κ2) is 8.97. The van der Waals surface area contributed by atoms with Gasteiger partial charge in [-0.1, -0.05) is 23.4 Å². The van der Waals surface area contributed by atoms with Gasteiger partial charge in [-0.05, 0) is 38.8 Å². The van der Waals surface area contributed by atoms with Crippen molar-refractivity contribution in [2.75, 3.05) is 26.3 Å². The Balaban J connectivity index is 1.53. The minimum Gasteiger partial charge on any atom is -0.466 e. The molecule has 2 aromatic rings. The number of benzene rings is 1. The van der Waals surface area contributed by atoms with E-state index in [9.17, 15) is 19.5 Å². The van der Waals surface area contributed by atoms with Crippen LogP contribution in [-0.2, 0) is 30.5 Å². The van der Waals surface area contributed by atoms with Crippen LogP contribution in [0.15, 0.2) is 36.9 Å². The Morgan fingerprint density at radius 1 is 1.36 bits per heavy atom. The van der Waals surface area contributed by atoms with Crippen molar-refractivity contribution in [1.82, 2.24) is 24.8 Å². The number of β-amino-alcohol motifs (C(OH)–C–C–N with tert-alkyl or cyclic N) is 1. The third kappa shape index (κ3) is 3.44. The minimum atomic E-state index is -1.18. The first-order valence-electron chi connectivity index (χ1n) is 12.3. The molecule has 3 aliphatic rings. The number of aromatic nitrogens is 3. The Bertz CT molecular complexity index is 1210. The van der Waals surface area contributed by atoms with E-state index < -0.39 is 35.0 Å². The molecule has 2 amide bonds. The molecule has 0 radical (unpaired) electrons. The number of hydrogen-bond acceptors (Lipinski definition) is 8. The van der Waals surface area contributed by atoms with E-state index in [1.807, 2.05) is 31.2 Å². The fraction of sp³-hybridized carbons (Fsp3) is 0.560. The first-order chi connectivity index (χ1) is 17.3. The standard InChI is InChI=1S/C25H31N5O6/c1-4-12-28(15-30-17-9-7-6-8-16(17)26-27-30)22(33)20-25-11-10-24(3,36-25)19(23(34)35-5-2)18(25)21(32)29(20)13-14-31/h4,6-9,18-20,31H,1,5,10-15H2,2-3H3/t18-,19+,20?,24-,25?/m0/s1. The average Bonchev–Trinajstić information content (AvgIpc) is 3.55.